The van der Waals surface area contributed by atoms with E-state index in [0.29, 0.717) is 0 Å². The van der Waals surface area contributed by atoms with E-state index in [4.69, 9.17) is 5.11 Å². The number of thioether (sulfide) groups is 1. The summed E-state index contributed by atoms with van der Waals surface area (Å²) in [6, 6.07) is 1.93. The van der Waals surface area contributed by atoms with Gasteiger partial charge in [0, 0.05) is 10.9 Å². The Hall–Kier alpha value is -0.610. The second kappa shape index (κ2) is 4.58. The lowest BCUT2D eigenvalue weighted by atomic mass is 10.4. The van der Waals surface area contributed by atoms with Crippen molar-refractivity contribution in [1.29, 1.82) is 0 Å². The van der Waals surface area contributed by atoms with E-state index < -0.39 is 0 Å². The zero-order chi connectivity index (χ0) is 9.84. The van der Waals surface area contributed by atoms with Gasteiger partial charge in [-0.1, -0.05) is 6.92 Å². The van der Waals surface area contributed by atoms with E-state index in [9.17, 15) is 0 Å². The van der Waals surface area contributed by atoms with Crippen molar-refractivity contribution in [2.24, 2.45) is 0 Å². The summed E-state index contributed by atoms with van der Waals surface area (Å²) in [6.45, 7) is 5.97. The molecule has 0 saturated heterocycles. The van der Waals surface area contributed by atoms with Crippen LogP contribution >= 0.6 is 11.8 Å². The highest BCUT2D eigenvalue weighted by molar-refractivity contribution is 7.99. The van der Waals surface area contributed by atoms with Crippen LogP contribution < -0.4 is 0 Å². The third kappa shape index (κ3) is 3.32. The molecule has 0 fully saturated rings. The molecular weight excluding hydrogens is 184 g/mol. The van der Waals surface area contributed by atoms with Crippen LogP contribution in [0.4, 0.5) is 0 Å². The molecule has 0 bridgehead atoms. The Bertz CT molecular complexity index is 271. The maximum atomic E-state index is 8.87. The van der Waals surface area contributed by atoms with Crippen LogP contribution in [0.3, 0.4) is 0 Å². The summed E-state index contributed by atoms with van der Waals surface area (Å²) < 4.78 is 0. The normalized spacial score (nSPS) is 12.9. The topological polar surface area (TPSA) is 46.0 Å². The number of aliphatic hydroxyl groups is 1. The van der Waals surface area contributed by atoms with Gasteiger partial charge in [-0.3, -0.25) is 0 Å². The summed E-state index contributed by atoms with van der Waals surface area (Å²) >= 11 is 1.57. The molecule has 1 heterocycles. The average Bonchev–Trinajstić information content (AvgIpc) is 2.02. The third-order valence-electron chi connectivity index (χ3n) is 1.52. The number of rotatable bonds is 3. The minimum Gasteiger partial charge on any atom is -0.395 e. The Kier molecular flexibility index (Phi) is 3.69. The molecule has 0 aliphatic heterocycles. The molecular formula is C9H14N2OS. The molecule has 1 aromatic rings. The lowest BCUT2D eigenvalue weighted by Gasteiger charge is -2.07. The summed E-state index contributed by atoms with van der Waals surface area (Å²) in [5.41, 5.74) is 0.972. The average molecular weight is 198 g/mol. The number of hydrogen-bond acceptors (Lipinski definition) is 4. The predicted octanol–water partition coefficient (Wildman–Crippen LogP) is 1.57. The SMILES string of the molecule is Cc1cc(SC(C)CO)nc(C)n1. The summed E-state index contributed by atoms with van der Waals surface area (Å²) in [6.07, 6.45) is 0. The number of aromatic nitrogens is 2. The quantitative estimate of drug-likeness (QED) is 0.591. The zero-order valence-corrected chi connectivity index (χ0v) is 8.93. The van der Waals surface area contributed by atoms with Gasteiger partial charge >= 0.3 is 0 Å². The largest absolute Gasteiger partial charge is 0.395 e. The van der Waals surface area contributed by atoms with Crippen LogP contribution in [0.2, 0.25) is 0 Å². The fraction of sp³-hybridized carbons (Fsp3) is 0.556. The van der Waals surface area contributed by atoms with Crippen molar-refractivity contribution in [3.05, 3.63) is 17.6 Å². The van der Waals surface area contributed by atoms with E-state index in [1.807, 2.05) is 26.8 Å². The highest BCUT2D eigenvalue weighted by atomic mass is 32.2. The number of aliphatic hydroxyl groups excluding tert-OH is 1. The fourth-order valence-corrected chi connectivity index (χ4v) is 1.90. The maximum Gasteiger partial charge on any atom is 0.126 e. The Morgan fingerprint density at radius 2 is 2.15 bits per heavy atom. The van der Waals surface area contributed by atoms with Gasteiger partial charge in [-0.15, -0.1) is 11.8 Å². The summed E-state index contributed by atoms with van der Waals surface area (Å²) in [7, 11) is 0. The molecule has 0 aliphatic rings. The maximum absolute atomic E-state index is 8.87. The van der Waals surface area contributed by atoms with Gasteiger partial charge in [-0.2, -0.15) is 0 Å². The van der Waals surface area contributed by atoms with Gasteiger partial charge in [0.15, 0.2) is 0 Å². The smallest absolute Gasteiger partial charge is 0.126 e. The van der Waals surface area contributed by atoms with Crippen LogP contribution in [-0.2, 0) is 0 Å². The Morgan fingerprint density at radius 1 is 1.46 bits per heavy atom. The minimum atomic E-state index is 0.173. The van der Waals surface area contributed by atoms with Crippen LogP contribution in [0.15, 0.2) is 11.1 Å². The molecule has 72 valence electrons. The molecule has 1 atom stereocenters. The van der Waals surface area contributed by atoms with E-state index in [-0.39, 0.29) is 11.9 Å². The molecule has 0 saturated carbocycles. The molecule has 0 radical (unpaired) electrons. The molecule has 0 amide bonds. The highest BCUT2D eigenvalue weighted by Gasteiger charge is 2.05. The Balaban J connectivity index is 2.77. The molecule has 0 spiro atoms. The molecule has 0 aliphatic carbocycles. The third-order valence-corrected chi connectivity index (χ3v) is 2.52. The second-order valence-corrected chi connectivity index (χ2v) is 4.46. The van der Waals surface area contributed by atoms with Crippen LogP contribution in [0.5, 0.6) is 0 Å². The van der Waals surface area contributed by atoms with Crippen molar-refractivity contribution in [2.75, 3.05) is 6.61 Å². The summed E-state index contributed by atoms with van der Waals surface area (Å²) in [4.78, 5) is 8.44. The first kappa shape index (κ1) is 10.5. The second-order valence-electron chi connectivity index (χ2n) is 3.01. The van der Waals surface area contributed by atoms with Gasteiger partial charge in [-0.05, 0) is 19.9 Å². The van der Waals surface area contributed by atoms with E-state index in [1.54, 1.807) is 11.8 Å². The van der Waals surface area contributed by atoms with Gasteiger partial charge in [0.2, 0.25) is 0 Å². The molecule has 4 heteroatoms. The zero-order valence-electron chi connectivity index (χ0n) is 8.11. The van der Waals surface area contributed by atoms with Crippen molar-refractivity contribution in [1.82, 2.24) is 9.97 Å². The molecule has 3 nitrogen and oxygen atoms in total. The van der Waals surface area contributed by atoms with Crippen LogP contribution in [0.25, 0.3) is 0 Å². The van der Waals surface area contributed by atoms with Crippen LogP contribution in [-0.4, -0.2) is 26.9 Å². The first-order valence-corrected chi connectivity index (χ1v) is 5.09. The Morgan fingerprint density at radius 3 is 2.69 bits per heavy atom. The van der Waals surface area contributed by atoms with Crippen molar-refractivity contribution >= 4 is 11.8 Å². The van der Waals surface area contributed by atoms with Crippen LogP contribution in [0.1, 0.15) is 18.4 Å². The van der Waals surface area contributed by atoms with E-state index in [1.165, 1.54) is 0 Å². The molecule has 1 unspecified atom stereocenters. The highest BCUT2D eigenvalue weighted by Crippen LogP contribution is 2.20. The number of hydrogen-bond donors (Lipinski definition) is 1. The first-order chi connectivity index (χ1) is 6.11. The van der Waals surface area contributed by atoms with Gasteiger partial charge < -0.3 is 5.11 Å². The molecule has 13 heavy (non-hydrogen) atoms. The van der Waals surface area contributed by atoms with Crippen molar-refractivity contribution in [2.45, 2.75) is 31.0 Å². The monoisotopic (exact) mass is 198 g/mol. The molecule has 1 aromatic heterocycles. The standard InChI is InChI=1S/C9H14N2OS/c1-6-4-9(11-8(3)10-6)13-7(2)5-12/h4,7,12H,5H2,1-3H3. The molecule has 0 aromatic carbocycles. The summed E-state index contributed by atoms with van der Waals surface area (Å²) in [5, 5.41) is 10.00. The van der Waals surface area contributed by atoms with Crippen molar-refractivity contribution in [3.63, 3.8) is 0 Å². The van der Waals surface area contributed by atoms with Crippen molar-refractivity contribution in [3.8, 4) is 0 Å². The predicted molar refractivity (Wildman–Crippen MR) is 53.9 cm³/mol. The molecule has 1 rings (SSSR count). The van der Waals surface area contributed by atoms with E-state index in [0.717, 1.165) is 16.5 Å². The fourth-order valence-electron chi connectivity index (χ4n) is 0.987. The van der Waals surface area contributed by atoms with Crippen molar-refractivity contribution < 1.29 is 5.11 Å². The van der Waals surface area contributed by atoms with Gasteiger partial charge in [-0.25, -0.2) is 9.97 Å². The number of aryl methyl sites for hydroxylation is 2. The van der Waals surface area contributed by atoms with Gasteiger partial charge in [0.25, 0.3) is 0 Å². The lowest BCUT2D eigenvalue weighted by Crippen LogP contribution is -2.03. The van der Waals surface area contributed by atoms with Gasteiger partial charge in [0.05, 0.1) is 6.61 Å². The summed E-state index contributed by atoms with van der Waals surface area (Å²) in [5.74, 6) is 0.785. The van der Waals surface area contributed by atoms with Gasteiger partial charge in [0.1, 0.15) is 10.9 Å². The van der Waals surface area contributed by atoms with E-state index >= 15 is 0 Å². The minimum absolute atomic E-state index is 0.173. The Labute approximate surface area is 82.6 Å². The van der Waals surface area contributed by atoms with Crippen LogP contribution in [0, 0.1) is 13.8 Å². The number of nitrogens with zero attached hydrogens (tertiary/aromatic N) is 2. The lowest BCUT2D eigenvalue weighted by molar-refractivity contribution is 0.300. The molecule has 1 N–H and O–H groups in total. The first-order valence-electron chi connectivity index (χ1n) is 4.21. The van der Waals surface area contributed by atoms with E-state index in [2.05, 4.69) is 9.97 Å².